The maximum absolute atomic E-state index is 5.30. The van der Waals surface area contributed by atoms with E-state index in [0.717, 1.165) is 25.0 Å². The maximum Gasteiger partial charge on any atom is 0.118 e. The van der Waals surface area contributed by atoms with Crippen molar-refractivity contribution in [3.05, 3.63) is 77.4 Å². The van der Waals surface area contributed by atoms with Crippen LogP contribution in [0.15, 0.2) is 66.2 Å². The second kappa shape index (κ2) is 8.01. The van der Waals surface area contributed by atoms with Crippen molar-refractivity contribution >= 4 is 0 Å². The summed E-state index contributed by atoms with van der Waals surface area (Å²) in [5.41, 5.74) is 4.31. The summed E-state index contributed by atoms with van der Waals surface area (Å²) in [4.78, 5) is 0. The molecule has 0 spiro atoms. The molecule has 1 unspecified atom stereocenters. The summed E-state index contributed by atoms with van der Waals surface area (Å²) in [5, 5.41) is 0. The van der Waals surface area contributed by atoms with Crippen LogP contribution in [0, 0.1) is 0 Å². The number of benzene rings is 2. The van der Waals surface area contributed by atoms with Crippen LogP contribution in [0.3, 0.4) is 0 Å². The molecule has 0 saturated heterocycles. The molecule has 0 aliphatic heterocycles. The third kappa shape index (κ3) is 4.99. The average Bonchev–Trinajstić information content (AvgIpc) is 2.59. The van der Waals surface area contributed by atoms with Gasteiger partial charge in [-0.2, -0.15) is 0 Å². The first-order chi connectivity index (χ1) is 11.0. The summed E-state index contributed by atoms with van der Waals surface area (Å²) < 4.78 is 5.30. The SMILES string of the molecule is COc1ccc(C(C)(CC=C(C)C)CCc2ccccc2)cc1. The van der Waals surface area contributed by atoms with E-state index in [1.165, 1.54) is 16.7 Å². The minimum atomic E-state index is 0.138. The Morgan fingerprint density at radius 1 is 1.00 bits per heavy atom. The highest BCUT2D eigenvalue weighted by atomic mass is 16.5. The molecule has 0 saturated carbocycles. The van der Waals surface area contributed by atoms with Gasteiger partial charge in [0.1, 0.15) is 5.75 Å². The lowest BCUT2D eigenvalue weighted by molar-refractivity contribution is 0.411. The summed E-state index contributed by atoms with van der Waals surface area (Å²) in [7, 11) is 1.72. The van der Waals surface area contributed by atoms with Crippen LogP contribution in [-0.4, -0.2) is 7.11 Å². The predicted octanol–water partition coefficient (Wildman–Crippen LogP) is 5.94. The summed E-state index contributed by atoms with van der Waals surface area (Å²) in [5.74, 6) is 0.918. The molecule has 23 heavy (non-hydrogen) atoms. The lowest BCUT2D eigenvalue weighted by Gasteiger charge is -2.30. The normalized spacial score (nSPS) is 13.2. The number of ether oxygens (including phenoxy) is 1. The molecule has 1 heteroatoms. The molecule has 0 aliphatic carbocycles. The molecule has 2 rings (SSSR count). The largest absolute Gasteiger partial charge is 0.497 e. The molecule has 122 valence electrons. The summed E-state index contributed by atoms with van der Waals surface area (Å²) >= 11 is 0. The standard InChI is InChI=1S/C22H28O/c1-18(2)14-16-22(3,17-15-19-8-6-5-7-9-19)20-10-12-21(23-4)13-11-20/h5-14H,15-17H2,1-4H3. The van der Waals surface area contributed by atoms with Gasteiger partial charge in [0.2, 0.25) is 0 Å². The van der Waals surface area contributed by atoms with Crippen LogP contribution in [0.1, 0.15) is 44.7 Å². The lowest BCUT2D eigenvalue weighted by Crippen LogP contribution is -2.22. The van der Waals surface area contributed by atoms with Crippen LogP contribution in [-0.2, 0) is 11.8 Å². The van der Waals surface area contributed by atoms with E-state index in [4.69, 9.17) is 4.74 Å². The Morgan fingerprint density at radius 3 is 2.22 bits per heavy atom. The van der Waals surface area contributed by atoms with E-state index in [-0.39, 0.29) is 5.41 Å². The van der Waals surface area contributed by atoms with Gasteiger partial charge in [-0.25, -0.2) is 0 Å². The first kappa shape index (κ1) is 17.3. The van der Waals surface area contributed by atoms with Crippen LogP contribution in [0.5, 0.6) is 5.75 Å². The third-order valence-electron chi connectivity index (χ3n) is 4.56. The monoisotopic (exact) mass is 308 g/mol. The smallest absolute Gasteiger partial charge is 0.118 e. The van der Waals surface area contributed by atoms with Gasteiger partial charge in [-0.05, 0) is 61.8 Å². The van der Waals surface area contributed by atoms with Gasteiger partial charge >= 0.3 is 0 Å². The zero-order valence-electron chi connectivity index (χ0n) is 14.8. The van der Waals surface area contributed by atoms with Crippen LogP contribution >= 0.6 is 0 Å². The van der Waals surface area contributed by atoms with Gasteiger partial charge in [0.05, 0.1) is 7.11 Å². The molecule has 1 nitrogen and oxygen atoms in total. The molecule has 0 amide bonds. The van der Waals surface area contributed by atoms with Crippen molar-refractivity contribution in [2.75, 3.05) is 7.11 Å². The molecule has 0 N–H and O–H groups in total. The molecule has 0 radical (unpaired) electrons. The highest BCUT2D eigenvalue weighted by molar-refractivity contribution is 5.33. The van der Waals surface area contributed by atoms with Gasteiger partial charge in [0.25, 0.3) is 0 Å². The van der Waals surface area contributed by atoms with E-state index in [0.29, 0.717) is 0 Å². The van der Waals surface area contributed by atoms with Gasteiger partial charge in [-0.3, -0.25) is 0 Å². The Kier molecular flexibility index (Phi) is 6.04. The molecule has 0 bridgehead atoms. The quantitative estimate of drug-likeness (QED) is 0.575. The Balaban J connectivity index is 2.21. The summed E-state index contributed by atoms with van der Waals surface area (Å²) in [6.07, 6.45) is 5.65. The number of allylic oxidation sites excluding steroid dienone is 2. The highest BCUT2D eigenvalue weighted by Gasteiger charge is 2.25. The molecule has 0 heterocycles. The topological polar surface area (TPSA) is 9.23 Å². The van der Waals surface area contributed by atoms with Crippen molar-refractivity contribution in [1.82, 2.24) is 0 Å². The Morgan fingerprint density at radius 2 is 1.65 bits per heavy atom. The number of hydrogen-bond acceptors (Lipinski definition) is 1. The van der Waals surface area contributed by atoms with E-state index in [2.05, 4.69) is 81.4 Å². The molecule has 0 fully saturated rings. The van der Waals surface area contributed by atoms with E-state index >= 15 is 0 Å². The van der Waals surface area contributed by atoms with Crippen molar-refractivity contribution in [1.29, 1.82) is 0 Å². The van der Waals surface area contributed by atoms with Crippen LogP contribution < -0.4 is 4.74 Å². The van der Waals surface area contributed by atoms with Crippen molar-refractivity contribution in [3.63, 3.8) is 0 Å². The van der Waals surface area contributed by atoms with Gasteiger partial charge < -0.3 is 4.74 Å². The first-order valence-electron chi connectivity index (χ1n) is 8.35. The van der Waals surface area contributed by atoms with Gasteiger partial charge in [-0.15, -0.1) is 0 Å². The molecule has 2 aromatic carbocycles. The Bertz CT molecular complexity index is 621. The number of hydrogen-bond donors (Lipinski definition) is 0. The molecular formula is C22H28O. The molecule has 2 aromatic rings. The second-order valence-corrected chi connectivity index (χ2v) is 6.76. The minimum Gasteiger partial charge on any atom is -0.497 e. The van der Waals surface area contributed by atoms with Crippen molar-refractivity contribution in [2.45, 2.75) is 45.4 Å². The van der Waals surface area contributed by atoms with Crippen molar-refractivity contribution < 1.29 is 4.74 Å². The number of methoxy groups -OCH3 is 1. The van der Waals surface area contributed by atoms with Crippen LogP contribution in [0.25, 0.3) is 0 Å². The predicted molar refractivity (Wildman–Crippen MR) is 99.2 cm³/mol. The van der Waals surface area contributed by atoms with Crippen molar-refractivity contribution in [3.8, 4) is 5.75 Å². The molecular weight excluding hydrogens is 280 g/mol. The fraction of sp³-hybridized carbons (Fsp3) is 0.364. The van der Waals surface area contributed by atoms with E-state index in [1.807, 2.05) is 0 Å². The van der Waals surface area contributed by atoms with E-state index < -0.39 is 0 Å². The molecule has 1 atom stereocenters. The van der Waals surface area contributed by atoms with E-state index in [1.54, 1.807) is 7.11 Å². The average molecular weight is 308 g/mol. The van der Waals surface area contributed by atoms with Crippen LogP contribution in [0.2, 0.25) is 0 Å². The maximum atomic E-state index is 5.30. The van der Waals surface area contributed by atoms with Gasteiger partial charge in [0, 0.05) is 0 Å². The fourth-order valence-corrected chi connectivity index (χ4v) is 2.85. The zero-order valence-corrected chi connectivity index (χ0v) is 14.8. The van der Waals surface area contributed by atoms with Gasteiger partial charge in [0.15, 0.2) is 0 Å². The van der Waals surface area contributed by atoms with E-state index in [9.17, 15) is 0 Å². The molecule has 0 aromatic heterocycles. The minimum absolute atomic E-state index is 0.138. The lowest BCUT2D eigenvalue weighted by atomic mass is 9.75. The highest BCUT2D eigenvalue weighted by Crippen LogP contribution is 2.34. The van der Waals surface area contributed by atoms with Crippen molar-refractivity contribution in [2.24, 2.45) is 0 Å². The van der Waals surface area contributed by atoms with Gasteiger partial charge in [-0.1, -0.05) is 61.0 Å². The third-order valence-corrected chi connectivity index (χ3v) is 4.56. The second-order valence-electron chi connectivity index (χ2n) is 6.76. The zero-order chi connectivity index (χ0) is 16.7. The fourth-order valence-electron chi connectivity index (χ4n) is 2.85. The Labute approximate surface area is 141 Å². The molecule has 0 aliphatic rings. The Hall–Kier alpha value is -2.02. The number of rotatable bonds is 7. The summed E-state index contributed by atoms with van der Waals surface area (Å²) in [6, 6.07) is 19.3. The first-order valence-corrected chi connectivity index (χ1v) is 8.35. The number of aryl methyl sites for hydroxylation is 1. The van der Waals surface area contributed by atoms with Crippen LogP contribution in [0.4, 0.5) is 0 Å². The summed E-state index contributed by atoms with van der Waals surface area (Å²) in [6.45, 7) is 6.72.